The van der Waals surface area contributed by atoms with E-state index in [2.05, 4.69) is 4.74 Å². The molecule has 0 aliphatic carbocycles. The molecule has 1 saturated heterocycles. The largest absolute Gasteiger partial charge is 0.466 e. The third kappa shape index (κ3) is 2.94. The minimum Gasteiger partial charge on any atom is -0.466 e. The van der Waals surface area contributed by atoms with Crippen LogP contribution in [0.15, 0.2) is 0 Å². The number of carbonyl (C=O) groups excluding carboxylic acids is 4. The lowest BCUT2D eigenvalue weighted by molar-refractivity contribution is -0.149. The highest BCUT2D eigenvalue weighted by molar-refractivity contribution is 6.08. The van der Waals surface area contributed by atoms with Gasteiger partial charge in [0.05, 0.1) is 13.2 Å². The molecule has 0 bridgehead atoms. The van der Waals surface area contributed by atoms with Crippen molar-refractivity contribution in [2.75, 3.05) is 13.2 Å². The predicted octanol–water partition coefficient (Wildman–Crippen LogP) is 0.150. The van der Waals surface area contributed by atoms with Gasteiger partial charge in [-0.25, -0.2) is 0 Å². The predicted molar refractivity (Wildman–Crippen MR) is 61.3 cm³/mol. The van der Waals surface area contributed by atoms with E-state index in [-0.39, 0.29) is 25.0 Å². The maximum Gasteiger partial charge on any atom is 0.313 e. The molecule has 1 heterocycles. The first-order valence-corrected chi connectivity index (χ1v) is 5.91. The fourth-order valence-corrected chi connectivity index (χ4v) is 1.79. The monoisotopic (exact) mass is 255 g/mol. The van der Waals surface area contributed by atoms with Crippen LogP contribution < -0.4 is 0 Å². The van der Waals surface area contributed by atoms with Gasteiger partial charge in [-0.05, 0) is 6.92 Å². The molecule has 1 fully saturated rings. The van der Waals surface area contributed by atoms with E-state index in [4.69, 9.17) is 0 Å². The van der Waals surface area contributed by atoms with Gasteiger partial charge in [0.1, 0.15) is 6.42 Å². The molecule has 100 valence electrons. The van der Waals surface area contributed by atoms with E-state index in [1.807, 2.05) is 0 Å². The summed E-state index contributed by atoms with van der Waals surface area (Å²) in [6.07, 6.45) is -0.409. The van der Waals surface area contributed by atoms with Gasteiger partial charge in [0.25, 0.3) is 0 Å². The number of rotatable bonds is 5. The SMILES string of the molecule is CCOC(=O)CC(=O)CN1C(=O)C(C)C(C)C1=O. The highest BCUT2D eigenvalue weighted by Gasteiger charge is 2.42. The molecule has 6 heteroatoms. The Morgan fingerprint density at radius 3 is 2.11 bits per heavy atom. The van der Waals surface area contributed by atoms with Crippen LogP contribution in [0.2, 0.25) is 0 Å². The summed E-state index contributed by atoms with van der Waals surface area (Å²) in [6.45, 7) is 4.80. The molecule has 0 radical (unpaired) electrons. The summed E-state index contributed by atoms with van der Waals surface area (Å²) in [5.74, 6) is -2.66. The van der Waals surface area contributed by atoms with E-state index >= 15 is 0 Å². The van der Waals surface area contributed by atoms with Crippen LogP contribution in [0.3, 0.4) is 0 Å². The second kappa shape index (κ2) is 5.75. The summed E-state index contributed by atoms with van der Waals surface area (Å²) in [4.78, 5) is 47.0. The first-order chi connectivity index (χ1) is 8.38. The first kappa shape index (κ1) is 14.3. The van der Waals surface area contributed by atoms with Crippen molar-refractivity contribution in [2.45, 2.75) is 27.2 Å². The average Bonchev–Trinajstić information content (AvgIpc) is 2.47. The van der Waals surface area contributed by atoms with Gasteiger partial charge in [-0.2, -0.15) is 0 Å². The van der Waals surface area contributed by atoms with E-state index in [0.717, 1.165) is 4.90 Å². The molecule has 1 aliphatic rings. The van der Waals surface area contributed by atoms with E-state index in [1.165, 1.54) is 0 Å². The number of imide groups is 1. The summed E-state index contributed by atoms with van der Waals surface area (Å²) in [6, 6.07) is 0. The summed E-state index contributed by atoms with van der Waals surface area (Å²) in [5, 5.41) is 0. The summed E-state index contributed by atoms with van der Waals surface area (Å²) in [5.41, 5.74) is 0. The Hall–Kier alpha value is -1.72. The molecule has 0 aromatic rings. The first-order valence-electron chi connectivity index (χ1n) is 5.91. The Balaban J connectivity index is 2.57. The lowest BCUT2D eigenvalue weighted by Crippen LogP contribution is -2.36. The van der Waals surface area contributed by atoms with Gasteiger partial charge in [-0.3, -0.25) is 24.1 Å². The number of nitrogens with zero attached hydrogens (tertiary/aromatic N) is 1. The lowest BCUT2D eigenvalue weighted by Gasteiger charge is -2.13. The standard InChI is InChI=1S/C12H17NO5/c1-4-18-10(15)5-9(14)6-13-11(16)7(2)8(3)12(13)17/h7-8H,4-6H2,1-3H3. The molecule has 0 aromatic heterocycles. The van der Waals surface area contributed by atoms with E-state index in [9.17, 15) is 19.2 Å². The fourth-order valence-electron chi connectivity index (χ4n) is 1.79. The van der Waals surface area contributed by atoms with Crippen molar-refractivity contribution in [3.05, 3.63) is 0 Å². The quantitative estimate of drug-likeness (QED) is 0.397. The van der Waals surface area contributed by atoms with Gasteiger partial charge >= 0.3 is 5.97 Å². The number of hydrogen-bond donors (Lipinski definition) is 0. The topological polar surface area (TPSA) is 80.8 Å². The lowest BCUT2D eigenvalue weighted by atomic mass is 10.00. The van der Waals surface area contributed by atoms with Crippen molar-refractivity contribution >= 4 is 23.6 Å². The van der Waals surface area contributed by atoms with Crippen LogP contribution in [-0.4, -0.2) is 41.6 Å². The maximum atomic E-state index is 11.7. The van der Waals surface area contributed by atoms with Crippen molar-refractivity contribution in [3.8, 4) is 0 Å². The normalized spacial score (nSPS) is 23.4. The molecule has 6 nitrogen and oxygen atoms in total. The van der Waals surface area contributed by atoms with Gasteiger partial charge in [-0.1, -0.05) is 13.8 Å². The van der Waals surface area contributed by atoms with E-state index in [1.54, 1.807) is 20.8 Å². The minimum absolute atomic E-state index is 0.196. The van der Waals surface area contributed by atoms with Crippen LogP contribution in [0.4, 0.5) is 0 Å². The Kier molecular flexibility index (Phi) is 4.58. The molecular formula is C12H17NO5. The van der Waals surface area contributed by atoms with Gasteiger partial charge < -0.3 is 4.74 Å². The molecule has 1 rings (SSSR count). The van der Waals surface area contributed by atoms with Crippen LogP contribution in [0.1, 0.15) is 27.2 Å². The molecule has 0 N–H and O–H groups in total. The van der Waals surface area contributed by atoms with Crippen LogP contribution in [0.5, 0.6) is 0 Å². The summed E-state index contributed by atoms with van der Waals surface area (Å²) in [7, 11) is 0. The summed E-state index contributed by atoms with van der Waals surface area (Å²) < 4.78 is 4.62. The van der Waals surface area contributed by atoms with Crippen molar-refractivity contribution in [3.63, 3.8) is 0 Å². The zero-order valence-electron chi connectivity index (χ0n) is 10.8. The number of Topliss-reactive ketones (excluding diaryl/α,β-unsaturated/α-hetero) is 1. The second-order valence-electron chi connectivity index (χ2n) is 4.36. The third-order valence-electron chi connectivity index (χ3n) is 3.04. The highest BCUT2D eigenvalue weighted by atomic mass is 16.5. The zero-order chi connectivity index (χ0) is 13.9. The van der Waals surface area contributed by atoms with Crippen LogP contribution >= 0.6 is 0 Å². The molecule has 2 atom stereocenters. The number of ether oxygens (including phenoxy) is 1. The van der Waals surface area contributed by atoms with Gasteiger partial charge in [0, 0.05) is 11.8 Å². The number of ketones is 1. The number of likely N-dealkylation sites (tertiary alicyclic amines) is 1. The van der Waals surface area contributed by atoms with Gasteiger partial charge in [-0.15, -0.1) is 0 Å². The molecular weight excluding hydrogens is 238 g/mol. The van der Waals surface area contributed by atoms with Crippen molar-refractivity contribution in [2.24, 2.45) is 11.8 Å². The second-order valence-corrected chi connectivity index (χ2v) is 4.36. The number of esters is 1. The fraction of sp³-hybridized carbons (Fsp3) is 0.667. The Labute approximate surface area is 105 Å². The van der Waals surface area contributed by atoms with E-state index in [0.29, 0.717) is 0 Å². The van der Waals surface area contributed by atoms with Crippen molar-refractivity contribution in [1.82, 2.24) is 4.90 Å². The van der Waals surface area contributed by atoms with Gasteiger partial charge in [0.15, 0.2) is 5.78 Å². The smallest absolute Gasteiger partial charge is 0.313 e. The molecule has 0 saturated carbocycles. The molecule has 18 heavy (non-hydrogen) atoms. The van der Waals surface area contributed by atoms with Gasteiger partial charge in [0.2, 0.25) is 11.8 Å². The molecule has 0 spiro atoms. The van der Waals surface area contributed by atoms with Crippen LogP contribution in [0, 0.1) is 11.8 Å². The number of carbonyl (C=O) groups is 4. The third-order valence-corrected chi connectivity index (χ3v) is 3.04. The number of amides is 2. The Morgan fingerprint density at radius 1 is 1.17 bits per heavy atom. The van der Waals surface area contributed by atoms with Crippen molar-refractivity contribution < 1.29 is 23.9 Å². The summed E-state index contributed by atoms with van der Waals surface area (Å²) >= 11 is 0. The Morgan fingerprint density at radius 2 is 1.67 bits per heavy atom. The van der Waals surface area contributed by atoms with Crippen LogP contribution in [0.25, 0.3) is 0 Å². The van der Waals surface area contributed by atoms with Crippen LogP contribution in [-0.2, 0) is 23.9 Å². The average molecular weight is 255 g/mol. The van der Waals surface area contributed by atoms with Crippen molar-refractivity contribution in [1.29, 1.82) is 0 Å². The minimum atomic E-state index is -0.636. The van der Waals surface area contributed by atoms with E-state index < -0.39 is 30.0 Å². The Bertz CT molecular complexity index is 370. The number of hydrogen-bond acceptors (Lipinski definition) is 5. The highest BCUT2D eigenvalue weighted by Crippen LogP contribution is 2.25. The molecule has 2 amide bonds. The zero-order valence-corrected chi connectivity index (χ0v) is 10.8. The molecule has 0 aromatic carbocycles. The molecule has 1 aliphatic heterocycles. The maximum absolute atomic E-state index is 11.7. The molecule has 2 unspecified atom stereocenters.